The number of carbonyl (C=O) groups is 1. The van der Waals surface area contributed by atoms with Gasteiger partial charge < -0.3 is 15.5 Å². The first-order valence-corrected chi connectivity index (χ1v) is 4.75. The van der Waals surface area contributed by atoms with E-state index in [-0.39, 0.29) is 11.6 Å². The van der Waals surface area contributed by atoms with Gasteiger partial charge in [0.2, 0.25) is 0 Å². The minimum Gasteiger partial charge on any atom is -0.424 e. The molecule has 0 amide bonds. The highest BCUT2D eigenvalue weighted by Gasteiger charge is 2.14. The number of nitrogens with one attached hydrogen (secondary N) is 1. The van der Waals surface area contributed by atoms with Crippen LogP contribution in [0.2, 0.25) is 10.0 Å². The summed E-state index contributed by atoms with van der Waals surface area (Å²) < 4.78 is 4.75. The number of halogens is 2. The Morgan fingerprint density at radius 2 is 2.13 bits per heavy atom. The van der Waals surface area contributed by atoms with Crippen molar-refractivity contribution in [2.24, 2.45) is 0 Å². The minimum atomic E-state index is 0.224. The largest absolute Gasteiger partial charge is 0.424 e. The van der Waals surface area contributed by atoms with Crippen LogP contribution >= 0.6 is 23.2 Å². The predicted molar refractivity (Wildman–Crippen MR) is 59.4 cm³/mol. The molecule has 6 heteroatoms. The molecular weight excluding hydrogens is 239 g/mol. The summed E-state index contributed by atoms with van der Waals surface area (Å²) >= 11 is 11.8. The zero-order chi connectivity index (χ0) is 11.0. The number of aromatic nitrogens is 1. The van der Waals surface area contributed by atoms with Crippen LogP contribution in [0.3, 0.4) is 0 Å². The Kier molecular flexibility index (Phi) is 2.46. The Labute approximate surface area is 94.9 Å². The van der Waals surface area contributed by atoms with Crippen LogP contribution in [0.15, 0.2) is 12.1 Å². The van der Waals surface area contributed by atoms with Crippen molar-refractivity contribution in [1.29, 1.82) is 0 Å². The van der Waals surface area contributed by atoms with Gasteiger partial charge in [0.25, 0.3) is 6.47 Å². The number of anilines is 1. The van der Waals surface area contributed by atoms with Crippen LogP contribution in [0.4, 0.5) is 5.82 Å². The van der Waals surface area contributed by atoms with Crippen LogP contribution in [-0.2, 0) is 4.79 Å². The minimum absolute atomic E-state index is 0.224. The number of hydrogen-bond acceptors (Lipinski definition) is 3. The molecule has 1 aromatic heterocycles. The molecule has 0 fully saturated rings. The van der Waals surface area contributed by atoms with Crippen molar-refractivity contribution in [3.05, 3.63) is 22.2 Å². The van der Waals surface area contributed by atoms with Gasteiger partial charge in [-0.2, -0.15) is 0 Å². The summed E-state index contributed by atoms with van der Waals surface area (Å²) in [5, 5.41) is 1.40. The maximum absolute atomic E-state index is 10.3. The van der Waals surface area contributed by atoms with Crippen molar-refractivity contribution in [2.45, 2.75) is 0 Å². The lowest BCUT2D eigenvalue weighted by atomic mass is 10.2. The van der Waals surface area contributed by atoms with Crippen molar-refractivity contribution in [2.75, 3.05) is 5.73 Å². The third kappa shape index (κ3) is 1.62. The fraction of sp³-hybridized carbons (Fsp3) is 0. The van der Waals surface area contributed by atoms with Crippen LogP contribution in [0, 0.1) is 0 Å². The van der Waals surface area contributed by atoms with Gasteiger partial charge in [-0.15, -0.1) is 0 Å². The SMILES string of the molecule is Nc1[nH]c2cc(Cl)cc(Cl)c2c1OC=O. The first kappa shape index (κ1) is 10.1. The normalized spacial score (nSPS) is 10.5. The van der Waals surface area contributed by atoms with Crippen molar-refractivity contribution in [3.63, 3.8) is 0 Å². The van der Waals surface area contributed by atoms with E-state index >= 15 is 0 Å². The van der Waals surface area contributed by atoms with Gasteiger partial charge in [0.15, 0.2) is 5.75 Å². The summed E-state index contributed by atoms with van der Waals surface area (Å²) in [6.45, 7) is 0.296. The maximum atomic E-state index is 10.3. The predicted octanol–water partition coefficient (Wildman–Crippen LogP) is 2.59. The highest BCUT2D eigenvalue weighted by atomic mass is 35.5. The monoisotopic (exact) mass is 244 g/mol. The maximum Gasteiger partial charge on any atom is 0.298 e. The smallest absolute Gasteiger partial charge is 0.298 e. The second-order valence-corrected chi connectivity index (χ2v) is 3.74. The van der Waals surface area contributed by atoms with E-state index in [1.165, 1.54) is 0 Å². The lowest BCUT2D eigenvalue weighted by Gasteiger charge is -1.99. The second-order valence-electron chi connectivity index (χ2n) is 2.89. The van der Waals surface area contributed by atoms with Gasteiger partial charge in [0.05, 0.1) is 15.9 Å². The van der Waals surface area contributed by atoms with E-state index in [1.54, 1.807) is 12.1 Å². The molecule has 0 spiro atoms. The number of hydrogen-bond donors (Lipinski definition) is 2. The number of benzene rings is 1. The molecule has 4 nitrogen and oxygen atoms in total. The molecule has 0 atom stereocenters. The lowest BCUT2D eigenvalue weighted by Crippen LogP contribution is -1.92. The number of aromatic amines is 1. The number of nitrogen functional groups attached to an aromatic ring is 1. The van der Waals surface area contributed by atoms with E-state index in [1.807, 2.05) is 0 Å². The van der Waals surface area contributed by atoms with E-state index in [2.05, 4.69) is 4.98 Å². The highest BCUT2D eigenvalue weighted by Crippen LogP contribution is 2.38. The number of fused-ring (bicyclic) bond motifs is 1. The van der Waals surface area contributed by atoms with Crippen LogP contribution in [-0.4, -0.2) is 11.5 Å². The van der Waals surface area contributed by atoms with Crippen molar-refractivity contribution in [3.8, 4) is 5.75 Å². The Balaban J connectivity index is 2.80. The molecule has 0 saturated heterocycles. The third-order valence-corrected chi connectivity index (χ3v) is 2.48. The fourth-order valence-corrected chi connectivity index (χ4v) is 1.99. The summed E-state index contributed by atoms with van der Waals surface area (Å²) in [6, 6.07) is 3.20. The molecule has 0 aliphatic heterocycles. The second kappa shape index (κ2) is 3.64. The molecule has 1 heterocycles. The van der Waals surface area contributed by atoms with Crippen molar-refractivity contribution >= 4 is 46.4 Å². The standard InChI is InChI=1S/C9H6Cl2N2O2/c10-4-1-5(11)7-6(2-4)13-9(12)8(7)15-3-14/h1-3,13H,12H2. The molecule has 0 radical (unpaired) electrons. The van der Waals surface area contributed by atoms with Crippen molar-refractivity contribution < 1.29 is 9.53 Å². The lowest BCUT2D eigenvalue weighted by molar-refractivity contribution is -0.120. The Morgan fingerprint density at radius 3 is 2.80 bits per heavy atom. The molecule has 0 saturated carbocycles. The summed E-state index contributed by atoms with van der Waals surface area (Å²) in [5.74, 6) is 0.461. The number of ether oxygens (including phenoxy) is 1. The summed E-state index contributed by atoms with van der Waals surface area (Å²) in [7, 11) is 0. The molecular formula is C9H6Cl2N2O2. The van der Waals surface area contributed by atoms with Crippen LogP contribution in [0.25, 0.3) is 10.9 Å². The molecule has 0 aliphatic rings. The molecule has 0 unspecified atom stereocenters. The van der Waals surface area contributed by atoms with E-state index in [4.69, 9.17) is 33.7 Å². The highest BCUT2D eigenvalue weighted by molar-refractivity contribution is 6.39. The van der Waals surface area contributed by atoms with E-state index in [0.717, 1.165) is 0 Å². The zero-order valence-corrected chi connectivity index (χ0v) is 8.89. The topological polar surface area (TPSA) is 68.1 Å². The average Bonchev–Trinajstić information content (AvgIpc) is 2.43. The first-order chi connectivity index (χ1) is 7.13. The van der Waals surface area contributed by atoms with Gasteiger partial charge in [-0.1, -0.05) is 23.2 Å². The number of carbonyl (C=O) groups excluding carboxylic acids is 1. The Bertz CT molecular complexity index is 536. The number of rotatable bonds is 2. The number of H-pyrrole nitrogens is 1. The summed E-state index contributed by atoms with van der Waals surface area (Å²) in [6.07, 6.45) is 0. The molecule has 1 aromatic carbocycles. The van der Waals surface area contributed by atoms with Gasteiger partial charge in [-0.05, 0) is 12.1 Å². The average molecular weight is 245 g/mol. The number of nitrogens with two attached hydrogens (primary N) is 1. The molecule has 78 valence electrons. The van der Waals surface area contributed by atoms with Gasteiger partial charge in [-0.3, -0.25) is 4.79 Å². The zero-order valence-electron chi connectivity index (χ0n) is 7.38. The third-order valence-electron chi connectivity index (χ3n) is 1.96. The summed E-state index contributed by atoms with van der Waals surface area (Å²) in [4.78, 5) is 13.1. The molecule has 3 N–H and O–H groups in total. The molecule has 15 heavy (non-hydrogen) atoms. The van der Waals surface area contributed by atoms with Gasteiger partial charge in [0, 0.05) is 5.02 Å². The Morgan fingerprint density at radius 1 is 1.40 bits per heavy atom. The van der Waals surface area contributed by atoms with E-state index < -0.39 is 0 Å². The van der Waals surface area contributed by atoms with Gasteiger partial charge in [0.1, 0.15) is 5.82 Å². The fourth-order valence-electron chi connectivity index (χ4n) is 1.41. The molecule has 2 aromatic rings. The van der Waals surface area contributed by atoms with Crippen LogP contribution in [0.5, 0.6) is 5.75 Å². The van der Waals surface area contributed by atoms with Gasteiger partial charge in [-0.25, -0.2) is 0 Å². The molecule has 2 rings (SSSR count). The Hall–Kier alpha value is -1.39. The van der Waals surface area contributed by atoms with E-state index in [0.29, 0.717) is 27.4 Å². The molecule has 0 bridgehead atoms. The quantitative estimate of drug-likeness (QED) is 0.799. The first-order valence-electron chi connectivity index (χ1n) is 4.00. The van der Waals surface area contributed by atoms with Crippen LogP contribution < -0.4 is 10.5 Å². The molecule has 0 aliphatic carbocycles. The van der Waals surface area contributed by atoms with Crippen molar-refractivity contribution in [1.82, 2.24) is 4.98 Å². The van der Waals surface area contributed by atoms with Crippen LogP contribution in [0.1, 0.15) is 0 Å². The van der Waals surface area contributed by atoms with Gasteiger partial charge >= 0.3 is 0 Å². The van der Waals surface area contributed by atoms with E-state index in [9.17, 15) is 4.79 Å². The summed E-state index contributed by atoms with van der Waals surface area (Å²) in [5.41, 5.74) is 6.24.